The molecule has 0 heterocycles. The van der Waals surface area contributed by atoms with Crippen LogP contribution in [0, 0.1) is 11.8 Å². The zero-order valence-electron chi connectivity index (χ0n) is 11.9. The number of para-hydroxylation sites is 1. The van der Waals surface area contributed by atoms with Gasteiger partial charge in [-0.2, -0.15) is 0 Å². The van der Waals surface area contributed by atoms with E-state index < -0.39 is 17.5 Å². The van der Waals surface area contributed by atoms with E-state index in [2.05, 4.69) is 0 Å². The van der Waals surface area contributed by atoms with E-state index in [-0.39, 0.29) is 12.3 Å². The van der Waals surface area contributed by atoms with Gasteiger partial charge in [-0.05, 0) is 24.5 Å². The fourth-order valence-electron chi connectivity index (χ4n) is 2.61. The van der Waals surface area contributed by atoms with Gasteiger partial charge >= 0.3 is 5.97 Å². The van der Waals surface area contributed by atoms with Crippen molar-refractivity contribution in [3.05, 3.63) is 29.8 Å². The fourth-order valence-corrected chi connectivity index (χ4v) is 2.61. The van der Waals surface area contributed by atoms with Gasteiger partial charge in [0.2, 0.25) is 0 Å². The third kappa shape index (κ3) is 3.70. The zero-order valence-corrected chi connectivity index (χ0v) is 11.9. The number of hydrogen-bond donors (Lipinski definition) is 2. The lowest BCUT2D eigenvalue weighted by Gasteiger charge is -2.33. The number of aliphatic carboxylic acids is 1. The summed E-state index contributed by atoms with van der Waals surface area (Å²) in [5, 5.41) is 19.8. The minimum atomic E-state index is -1.32. The molecule has 0 aliphatic rings. The van der Waals surface area contributed by atoms with E-state index in [0.717, 1.165) is 5.56 Å². The molecule has 0 saturated carbocycles. The van der Waals surface area contributed by atoms with E-state index in [4.69, 9.17) is 4.74 Å². The first-order valence-corrected chi connectivity index (χ1v) is 6.36. The molecule has 0 fully saturated rings. The summed E-state index contributed by atoms with van der Waals surface area (Å²) in [7, 11) is 1.56. The van der Waals surface area contributed by atoms with Gasteiger partial charge in [-0.1, -0.05) is 32.0 Å². The second-order valence-corrected chi connectivity index (χ2v) is 5.41. The quantitative estimate of drug-likeness (QED) is 0.829. The Balaban J connectivity index is 3.03. The summed E-state index contributed by atoms with van der Waals surface area (Å²) in [6.07, 6.45) is 0.242. The van der Waals surface area contributed by atoms with Gasteiger partial charge in [0.1, 0.15) is 5.75 Å². The molecule has 0 spiro atoms. The van der Waals surface area contributed by atoms with Crippen molar-refractivity contribution in [2.24, 2.45) is 11.8 Å². The molecule has 0 aliphatic carbocycles. The Hall–Kier alpha value is -1.55. The average Bonchev–Trinajstić information content (AvgIpc) is 2.27. The molecular weight excluding hydrogens is 244 g/mol. The Morgan fingerprint density at radius 3 is 2.42 bits per heavy atom. The van der Waals surface area contributed by atoms with Crippen LogP contribution in [-0.4, -0.2) is 28.9 Å². The smallest absolute Gasteiger partial charge is 0.309 e. The predicted molar refractivity (Wildman–Crippen MR) is 73.3 cm³/mol. The first-order chi connectivity index (χ1) is 8.79. The van der Waals surface area contributed by atoms with Crippen LogP contribution in [0.2, 0.25) is 0 Å². The lowest BCUT2D eigenvalue weighted by Crippen LogP contribution is -2.44. The summed E-state index contributed by atoms with van der Waals surface area (Å²) in [5.41, 5.74) is -0.517. The van der Waals surface area contributed by atoms with Crippen LogP contribution in [0.4, 0.5) is 0 Å². The maximum Gasteiger partial charge on any atom is 0.309 e. The third-order valence-corrected chi connectivity index (χ3v) is 3.34. The number of carboxylic acid groups (broad SMARTS) is 1. The molecule has 0 aliphatic heterocycles. The van der Waals surface area contributed by atoms with Crippen LogP contribution in [-0.2, 0) is 11.2 Å². The average molecular weight is 266 g/mol. The van der Waals surface area contributed by atoms with Gasteiger partial charge in [-0.15, -0.1) is 0 Å². The van der Waals surface area contributed by atoms with Gasteiger partial charge in [0, 0.05) is 6.42 Å². The highest BCUT2D eigenvalue weighted by atomic mass is 16.5. The Kier molecular flexibility index (Phi) is 4.95. The number of carbonyl (C=O) groups is 1. The first-order valence-electron chi connectivity index (χ1n) is 6.36. The summed E-state index contributed by atoms with van der Waals surface area (Å²) in [5.74, 6) is -1.29. The minimum Gasteiger partial charge on any atom is -0.496 e. The predicted octanol–water partition coefficient (Wildman–Crippen LogP) is 2.35. The number of ether oxygens (including phenoxy) is 1. The van der Waals surface area contributed by atoms with Gasteiger partial charge in [-0.25, -0.2) is 0 Å². The highest BCUT2D eigenvalue weighted by Crippen LogP contribution is 2.31. The van der Waals surface area contributed by atoms with Crippen LogP contribution in [0.5, 0.6) is 5.75 Å². The molecule has 0 amide bonds. The van der Waals surface area contributed by atoms with Gasteiger partial charge in [0.25, 0.3) is 0 Å². The number of carboxylic acids is 1. The largest absolute Gasteiger partial charge is 0.496 e. The summed E-state index contributed by atoms with van der Waals surface area (Å²) < 4.78 is 5.23. The third-order valence-electron chi connectivity index (χ3n) is 3.34. The molecule has 4 heteroatoms. The molecule has 0 radical (unpaired) electrons. The van der Waals surface area contributed by atoms with Gasteiger partial charge in [-0.3, -0.25) is 4.79 Å². The highest BCUT2D eigenvalue weighted by Gasteiger charge is 2.40. The van der Waals surface area contributed by atoms with Crippen LogP contribution in [0.3, 0.4) is 0 Å². The van der Waals surface area contributed by atoms with Crippen molar-refractivity contribution in [2.75, 3.05) is 7.11 Å². The standard InChI is InChI=1S/C15H22O4/c1-10(2)13(14(16)17)15(3,18)9-11-7-5-6-8-12(11)19-4/h5-8,10,13,18H,9H2,1-4H3,(H,16,17). The molecule has 2 N–H and O–H groups in total. The molecule has 2 unspecified atom stereocenters. The Labute approximate surface area is 114 Å². The minimum absolute atomic E-state index is 0.151. The van der Waals surface area contributed by atoms with Crippen molar-refractivity contribution in [1.29, 1.82) is 0 Å². The van der Waals surface area contributed by atoms with E-state index in [1.54, 1.807) is 33.9 Å². The number of methoxy groups -OCH3 is 1. The summed E-state index contributed by atoms with van der Waals surface area (Å²) >= 11 is 0. The van der Waals surface area contributed by atoms with Gasteiger partial charge < -0.3 is 14.9 Å². The summed E-state index contributed by atoms with van der Waals surface area (Å²) in [4.78, 5) is 11.3. The molecule has 1 aromatic carbocycles. The second-order valence-electron chi connectivity index (χ2n) is 5.41. The summed E-state index contributed by atoms with van der Waals surface area (Å²) in [6.45, 7) is 5.17. The molecule has 2 atom stereocenters. The normalized spacial score (nSPS) is 15.9. The number of rotatable bonds is 6. The van der Waals surface area contributed by atoms with Crippen molar-refractivity contribution in [1.82, 2.24) is 0 Å². The molecule has 4 nitrogen and oxygen atoms in total. The number of benzene rings is 1. The zero-order chi connectivity index (χ0) is 14.6. The molecule has 0 aromatic heterocycles. The Morgan fingerprint density at radius 1 is 1.37 bits per heavy atom. The Morgan fingerprint density at radius 2 is 1.95 bits per heavy atom. The van der Waals surface area contributed by atoms with Gasteiger partial charge in [0.15, 0.2) is 0 Å². The monoisotopic (exact) mass is 266 g/mol. The molecule has 1 rings (SSSR count). The first kappa shape index (κ1) is 15.5. The van der Waals surface area contributed by atoms with Crippen LogP contribution in [0.1, 0.15) is 26.3 Å². The van der Waals surface area contributed by atoms with E-state index in [1.165, 1.54) is 0 Å². The van der Waals surface area contributed by atoms with E-state index >= 15 is 0 Å². The molecule has 1 aromatic rings. The van der Waals surface area contributed by atoms with Gasteiger partial charge in [0.05, 0.1) is 18.6 Å². The maximum atomic E-state index is 11.3. The topological polar surface area (TPSA) is 66.8 Å². The number of hydrogen-bond acceptors (Lipinski definition) is 3. The van der Waals surface area contributed by atoms with Crippen molar-refractivity contribution in [2.45, 2.75) is 32.8 Å². The second kappa shape index (κ2) is 6.06. The highest BCUT2D eigenvalue weighted by molar-refractivity contribution is 5.72. The van der Waals surface area contributed by atoms with Crippen molar-refractivity contribution in [3.8, 4) is 5.75 Å². The SMILES string of the molecule is COc1ccccc1CC(C)(O)C(C(=O)O)C(C)C. The van der Waals surface area contributed by atoms with E-state index in [1.807, 2.05) is 18.2 Å². The lowest BCUT2D eigenvalue weighted by molar-refractivity contribution is -0.154. The van der Waals surface area contributed by atoms with E-state index in [9.17, 15) is 15.0 Å². The molecule has 106 valence electrons. The maximum absolute atomic E-state index is 11.3. The van der Waals surface area contributed by atoms with Crippen LogP contribution >= 0.6 is 0 Å². The lowest BCUT2D eigenvalue weighted by atomic mass is 9.77. The molecule has 0 saturated heterocycles. The fraction of sp³-hybridized carbons (Fsp3) is 0.533. The van der Waals surface area contributed by atoms with Crippen LogP contribution in [0.15, 0.2) is 24.3 Å². The van der Waals surface area contributed by atoms with Crippen molar-refractivity contribution in [3.63, 3.8) is 0 Å². The van der Waals surface area contributed by atoms with Crippen LogP contribution < -0.4 is 4.74 Å². The molecule has 19 heavy (non-hydrogen) atoms. The van der Waals surface area contributed by atoms with Crippen molar-refractivity contribution >= 4 is 5.97 Å². The number of aliphatic hydroxyl groups is 1. The Bertz CT molecular complexity index is 438. The summed E-state index contributed by atoms with van der Waals surface area (Å²) in [6, 6.07) is 7.33. The van der Waals surface area contributed by atoms with Crippen molar-refractivity contribution < 1.29 is 19.7 Å². The molecule has 0 bridgehead atoms. The van der Waals surface area contributed by atoms with E-state index in [0.29, 0.717) is 5.75 Å². The van der Waals surface area contributed by atoms with Crippen LogP contribution in [0.25, 0.3) is 0 Å². The molecular formula is C15H22O4.